The average Bonchev–Trinajstić information content (AvgIpc) is 2.82. The van der Waals surface area contributed by atoms with Gasteiger partial charge in [-0.25, -0.2) is 0 Å². The smallest absolute Gasteiger partial charge is 0.233 e. The largest absolute Gasteiger partial charge is 0.316 e. The van der Waals surface area contributed by atoms with Crippen molar-refractivity contribution in [2.75, 3.05) is 18.4 Å². The number of anilines is 1. The van der Waals surface area contributed by atoms with E-state index in [9.17, 15) is 4.79 Å². The Morgan fingerprint density at radius 2 is 2.56 bits per heavy atom. The quantitative estimate of drug-likeness (QED) is 0.812. The molecule has 0 radical (unpaired) electrons. The summed E-state index contributed by atoms with van der Waals surface area (Å²) < 4.78 is 3.62. The van der Waals surface area contributed by atoms with Crippen molar-refractivity contribution in [3.8, 4) is 0 Å². The summed E-state index contributed by atoms with van der Waals surface area (Å²) in [6, 6.07) is 0. The van der Waals surface area contributed by atoms with Crippen LogP contribution in [-0.4, -0.2) is 33.8 Å². The molecule has 0 aromatic carbocycles. The van der Waals surface area contributed by atoms with Crippen molar-refractivity contribution in [3.63, 3.8) is 0 Å². The predicted octanol–water partition coefficient (Wildman–Crippen LogP) is 0.651. The summed E-state index contributed by atoms with van der Waals surface area (Å²) in [5.41, 5.74) is -0.302. The van der Waals surface area contributed by atoms with E-state index in [1.54, 1.807) is 0 Å². The molecule has 0 spiro atoms. The Kier molecular flexibility index (Phi) is 3.45. The summed E-state index contributed by atoms with van der Waals surface area (Å²) in [6.07, 6.45) is 2.79. The van der Waals surface area contributed by atoms with E-state index in [-0.39, 0.29) is 11.3 Å². The van der Waals surface area contributed by atoms with Gasteiger partial charge in [0, 0.05) is 18.1 Å². The van der Waals surface area contributed by atoms with Crippen molar-refractivity contribution in [2.45, 2.75) is 26.2 Å². The third-order valence-corrected chi connectivity index (χ3v) is 3.66. The maximum Gasteiger partial charge on any atom is 0.233 e. The molecule has 1 unspecified atom stereocenters. The van der Waals surface area contributed by atoms with Crippen LogP contribution in [0.1, 0.15) is 26.2 Å². The van der Waals surface area contributed by atoms with Crippen LogP contribution in [0.3, 0.4) is 0 Å². The molecule has 2 N–H and O–H groups in total. The summed E-state index contributed by atoms with van der Waals surface area (Å²) in [6.45, 7) is 3.78. The maximum absolute atomic E-state index is 12.2. The summed E-state index contributed by atoms with van der Waals surface area (Å²) in [5, 5.41) is 13.7. The minimum absolute atomic E-state index is 0.0285. The molecule has 0 bridgehead atoms. The van der Waals surface area contributed by atoms with Gasteiger partial charge in [-0.2, -0.15) is 0 Å². The Hall–Kier alpha value is -1.08. The third kappa shape index (κ3) is 2.19. The van der Waals surface area contributed by atoms with E-state index in [1.807, 2.05) is 6.92 Å². The fourth-order valence-electron chi connectivity index (χ4n) is 2.04. The zero-order valence-corrected chi connectivity index (χ0v) is 10.0. The van der Waals surface area contributed by atoms with E-state index < -0.39 is 0 Å². The van der Waals surface area contributed by atoms with Crippen LogP contribution >= 0.6 is 11.5 Å². The number of nitrogens with zero attached hydrogens (tertiary/aromatic N) is 3. The average molecular weight is 241 g/mol. The second-order valence-electron chi connectivity index (χ2n) is 4.04. The maximum atomic E-state index is 12.2. The highest BCUT2D eigenvalue weighted by molar-refractivity contribution is 7.09. The Bertz CT molecular complexity index is 347. The first-order chi connectivity index (χ1) is 7.77. The van der Waals surface area contributed by atoms with Gasteiger partial charge in [-0.3, -0.25) is 10.1 Å². The van der Waals surface area contributed by atoms with Crippen LogP contribution in [0.5, 0.6) is 0 Å². The summed E-state index contributed by atoms with van der Waals surface area (Å²) in [4.78, 5) is 12.2. The Balaban J connectivity index is 2.06. The highest BCUT2D eigenvalue weighted by Crippen LogP contribution is 2.31. The van der Waals surface area contributed by atoms with Gasteiger partial charge in [0.2, 0.25) is 11.0 Å². The van der Waals surface area contributed by atoms with Crippen LogP contribution in [0.4, 0.5) is 5.13 Å². The zero-order chi connectivity index (χ0) is 11.4. The number of carbonyl (C=O) groups excluding carboxylic acids is 1. The fourth-order valence-corrected chi connectivity index (χ4v) is 2.40. The highest BCUT2D eigenvalue weighted by Gasteiger charge is 2.38. The molecule has 7 heteroatoms. The minimum Gasteiger partial charge on any atom is -0.316 e. The molecule has 88 valence electrons. The predicted molar refractivity (Wildman–Crippen MR) is 61.2 cm³/mol. The van der Waals surface area contributed by atoms with Crippen molar-refractivity contribution in [3.05, 3.63) is 0 Å². The number of aromatic nitrogens is 3. The zero-order valence-electron chi connectivity index (χ0n) is 9.19. The molecule has 1 aromatic rings. The van der Waals surface area contributed by atoms with Crippen LogP contribution in [-0.2, 0) is 4.79 Å². The van der Waals surface area contributed by atoms with Crippen LogP contribution in [0.2, 0.25) is 0 Å². The van der Waals surface area contributed by atoms with Crippen LogP contribution in [0, 0.1) is 5.41 Å². The monoisotopic (exact) mass is 241 g/mol. The number of piperidine rings is 1. The number of carbonyl (C=O) groups is 1. The number of hydrogen-bond donors (Lipinski definition) is 2. The molecule has 2 heterocycles. The van der Waals surface area contributed by atoms with Gasteiger partial charge in [0.05, 0.1) is 5.41 Å². The molecule has 6 nitrogen and oxygen atoms in total. The second-order valence-corrected chi connectivity index (χ2v) is 4.77. The molecule has 1 fully saturated rings. The number of nitrogens with one attached hydrogen (secondary N) is 2. The van der Waals surface area contributed by atoms with Crippen molar-refractivity contribution in [1.29, 1.82) is 0 Å². The molecular formula is C9H15N5OS. The van der Waals surface area contributed by atoms with Crippen LogP contribution in [0.25, 0.3) is 0 Å². The SMILES string of the molecule is CCC1(C(=O)Nc2nnns2)CCCNC1. The Morgan fingerprint density at radius 1 is 1.69 bits per heavy atom. The molecule has 1 aromatic heterocycles. The molecule has 1 aliphatic heterocycles. The number of rotatable bonds is 3. The van der Waals surface area contributed by atoms with Gasteiger partial charge in [0.25, 0.3) is 0 Å². The molecule has 1 amide bonds. The van der Waals surface area contributed by atoms with E-state index in [2.05, 4.69) is 25.4 Å². The fraction of sp³-hybridized carbons (Fsp3) is 0.778. The molecule has 16 heavy (non-hydrogen) atoms. The van der Waals surface area contributed by atoms with Crippen molar-refractivity contribution < 1.29 is 4.79 Å². The first kappa shape index (κ1) is 11.4. The first-order valence-electron chi connectivity index (χ1n) is 5.44. The van der Waals surface area contributed by atoms with Crippen LogP contribution < -0.4 is 10.6 Å². The number of amides is 1. The number of hydrogen-bond acceptors (Lipinski definition) is 6. The van der Waals surface area contributed by atoms with Gasteiger partial charge in [0.1, 0.15) is 0 Å². The van der Waals surface area contributed by atoms with E-state index in [1.165, 1.54) is 0 Å². The Labute approximate surface area is 98.0 Å². The lowest BCUT2D eigenvalue weighted by molar-refractivity contribution is -0.126. The van der Waals surface area contributed by atoms with E-state index >= 15 is 0 Å². The molecule has 1 atom stereocenters. The summed E-state index contributed by atoms with van der Waals surface area (Å²) >= 11 is 1.10. The molecule has 1 aliphatic rings. The van der Waals surface area contributed by atoms with E-state index in [4.69, 9.17) is 0 Å². The highest BCUT2D eigenvalue weighted by atomic mass is 32.1. The van der Waals surface area contributed by atoms with Crippen molar-refractivity contribution in [2.24, 2.45) is 5.41 Å². The van der Waals surface area contributed by atoms with Crippen molar-refractivity contribution >= 4 is 22.6 Å². The van der Waals surface area contributed by atoms with Crippen molar-refractivity contribution in [1.82, 2.24) is 20.1 Å². The van der Waals surface area contributed by atoms with Gasteiger partial charge in [-0.1, -0.05) is 16.5 Å². The van der Waals surface area contributed by atoms with E-state index in [0.717, 1.165) is 43.9 Å². The third-order valence-electron chi connectivity index (χ3n) is 3.15. The normalized spacial score (nSPS) is 25.3. The Morgan fingerprint density at radius 3 is 3.12 bits per heavy atom. The van der Waals surface area contributed by atoms with Gasteiger partial charge < -0.3 is 5.32 Å². The molecule has 2 rings (SSSR count). The molecule has 0 saturated carbocycles. The second kappa shape index (κ2) is 4.84. The van der Waals surface area contributed by atoms with Gasteiger partial charge >= 0.3 is 0 Å². The lowest BCUT2D eigenvalue weighted by Crippen LogP contribution is -2.47. The van der Waals surface area contributed by atoms with Crippen LogP contribution in [0.15, 0.2) is 0 Å². The van der Waals surface area contributed by atoms with Gasteiger partial charge in [-0.05, 0) is 31.0 Å². The standard InChI is InChI=1S/C9H15N5OS/c1-2-9(4-3-5-10-6-9)7(15)11-8-12-13-14-16-8/h10H,2-6H2,1H3,(H,11,12,14,15). The minimum atomic E-state index is -0.302. The van der Waals surface area contributed by atoms with Gasteiger partial charge in [-0.15, -0.1) is 0 Å². The molecule has 1 saturated heterocycles. The van der Waals surface area contributed by atoms with E-state index in [0.29, 0.717) is 5.13 Å². The molecule has 0 aliphatic carbocycles. The molecular weight excluding hydrogens is 226 g/mol. The van der Waals surface area contributed by atoms with Gasteiger partial charge in [0.15, 0.2) is 0 Å². The first-order valence-corrected chi connectivity index (χ1v) is 6.21. The lowest BCUT2D eigenvalue weighted by Gasteiger charge is -2.34. The summed E-state index contributed by atoms with van der Waals surface area (Å²) in [5.74, 6) is 0.0285. The topological polar surface area (TPSA) is 79.8 Å². The lowest BCUT2D eigenvalue weighted by atomic mass is 9.77. The summed E-state index contributed by atoms with van der Waals surface area (Å²) in [7, 11) is 0.